The molecule has 0 unspecified atom stereocenters. The molecular formula is C14H17BN2O4S. The zero-order valence-corrected chi connectivity index (χ0v) is 14.0. The van der Waals surface area contributed by atoms with E-state index in [2.05, 4.69) is 4.98 Å². The highest BCUT2D eigenvalue weighted by atomic mass is 32.1. The van der Waals surface area contributed by atoms with E-state index in [-0.39, 0.29) is 5.69 Å². The number of rotatable bonds is 2. The third-order valence-corrected chi connectivity index (χ3v) is 5.28. The van der Waals surface area contributed by atoms with Crippen LogP contribution in [0.2, 0.25) is 0 Å². The molecule has 0 bridgehead atoms. The number of nitro benzene ring substituents is 1. The van der Waals surface area contributed by atoms with Gasteiger partial charge in [-0.05, 0) is 40.7 Å². The van der Waals surface area contributed by atoms with Gasteiger partial charge in [-0.15, -0.1) is 11.3 Å². The molecular weight excluding hydrogens is 303 g/mol. The minimum atomic E-state index is -0.767. The monoisotopic (exact) mass is 320 g/mol. The topological polar surface area (TPSA) is 74.5 Å². The van der Waals surface area contributed by atoms with E-state index in [4.69, 9.17) is 9.31 Å². The van der Waals surface area contributed by atoms with Crippen LogP contribution in [-0.2, 0) is 9.31 Å². The lowest BCUT2D eigenvalue weighted by molar-refractivity contribution is -0.383. The maximum atomic E-state index is 11.4. The SMILES string of the molecule is Cc1nc2cc(B3OC(C)(C)C(C)(C)O3)c([N+](=O)[O-])cc2s1. The Hall–Kier alpha value is -1.51. The molecule has 6 nitrogen and oxygen atoms in total. The summed E-state index contributed by atoms with van der Waals surface area (Å²) in [6.07, 6.45) is 0. The van der Waals surface area contributed by atoms with E-state index in [9.17, 15) is 10.1 Å². The molecule has 3 rings (SSSR count). The molecule has 1 aromatic heterocycles. The number of thiazole rings is 1. The molecule has 0 amide bonds. The zero-order valence-electron chi connectivity index (χ0n) is 13.2. The van der Waals surface area contributed by atoms with Crippen LogP contribution in [0, 0.1) is 17.0 Å². The Morgan fingerprint density at radius 3 is 2.36 bits per heavy atom. The first-order valence-electron chi connectivity index (χ1n) is 7.02. The van der Waals surface area contributed by atoms with Crippen molar-refractivity contribution in [3.8, 4) is 0 Å². The Kier molecular flexibility index (Phi) is 3.32. The maximum Gasteiger partial charge on any atom is 0.502 e. The Morgan fingerprint density at radius 1 is 1.23 bits per heavy atom. The van der Waals surface area contributed by atoms with E-state index >= 15 is 0 Å². The highest BCUT2D eigenvalue weighted by Crippen LogP contribution is 2.37. The minimum absolute atomic E-state index is 0.00894. The standard InChI is InChI=1S/C14H17BN2O4S/c1-8-16-10-6-9(11(17(18)19)7-12(10)22-8)15-20-13(2,3)14(4,5)21-15/h6-7H,1-5H3. The summed E-state index contributed by atoms with van der Waals surface area (Å²) in [6.45, 7) is 9.56. The van der Waals surface area contributed by atoms with Crippen LogP contribution in [0.4, 0.5) is 5.69 Å². The predicted octanol–water partition coefficient (Wildman–Crippen LogP) is 2.81. The smallest absolute Gasteiger partial charge is 0.399 e. The number of nitrogens with zero attached hydrogens (tertiary/aromatic N) is 2. The molecule has 1 aliphatic rings. The van der Waals surface area contributed by atoms with Crippen molar-refractivity contribution >= 4 is 39.8 Å². The van der Waals surface area contributed by atoms with Gasteiger partial charge in [0.2, 0.25) is 0 Å². The molecule has 0 atom stereocenters. The number of hydrogen-bond donors (Lipinski definition) is 0. The normalized spacial score (nSPS) is 19.8. The summed E-state index contributed by atoms with van der Waals surface area (Å²) in [4.78, 5) is 15.4. The van der Waals surface area contributed by atoms with Gasteiger partial charge in [0, 0.05) is 6.07 Å². The van der Waals surface area contributed by atoms with Crippen molar-refractivity contribution in [3.63, 3.8) is 0 Å². The third kappa shape index (κ3) is 2.31. The van der Waals surface area contributed by atoms with Gasteiger partial charge in [0.25, 0.3) is 5.69 Å². The fraction of sp³-hybridized carbons (Fsp3) is 0.500. The highest BCUT2D eigenvalue weighted by Gasteiger charge is 2.53. The molecule has 1 saturated heterocycles. The van der Waals surface area contributed by atoms with Gasteiger partial charge in [-0.25, -0.2) is 4.98 Å². The Labute approximate surface area is 132 Å². The molecule has 0 aliphatic carbocycles. The second-order valence-electron chi connectivity index (χ2n) is 6.46. The summed E-state index contributed by atoms with van der Waals surface area (Å²) in [5.74, 6) is 0. The lowest BCUT2D eigenvalue weighted by Gasteiger charge is -2.32. The summed E-state index contributed by atoms with van der Waals surface area (Å²) in [7, 11) is -0.767. The molecule has 0 radical (unpaired) electrons. The van der Waals surface area contributed by atoms with Crippen LogP contribution in [0.3, 0.4) is 0 Å². The fourth-order valence-corrected chi connectivity index (χ4v) is 3.25. The third-order valence-electron chi connectivity index (χ3n) is 4.35. The summed E-state index contributed by atoms with van der Waals surface area (Å²) < 4.78 is 12.7. The first-order valence-corrected chi connectivity index (χ1v) is 7.83. The predicted molar refractivity (Wildman–Crippen MR) is 86.7 cm³/mol. The number of hydrogen-bond acceptors (Lipinski definition) is 6. The molecule has 0 spiro atoms. The molecule has 22 heavy (non-hydrogen) atoms. The van der Waals surface area contributed by atoms with Gasteiger partial charge in [-0.2, -0.15) is 0 Å². The summed E-state index contributed by atoms with van der Waals surface area (Å²) >= 11 is 1.44. The van der Waals surface area contributed by atoms with E-state index in [0.717, 1.165) is 15.2 Å². The minimum Gasteiger partial charge on any atom is -0.399 e. The van der Waals surface area contributed by atoms with Crippen molar-refractivity contribution in [1.29, 1.82) is 0 Å². The van der Waals surface area contributed by atoms with Crippen LogP contribution in [0.25, 0.3) is 10.2 Å². The highest BCUT2D eigenvalue weighted by molar-refractivity contribution is 7.18. The van der Waals surface area contributed by atoms with E-state index in [0.29, 0.717) is 5.46 Å². The molecule has 1 fully saturated rings. The van der Waals surface area contributed by atoms with Gasteiger partial charge in [0.15, 0.2) is 0 Å². The van der Waals surface area contributed by atoms with E-state index in [1.165, 1.54) is 11.3 Å². The van der Waals surface area contributed by atoms with Crippen molar-refractivity contribution in [3.05, 3.63) is 27.3 Å². The molecule has 2 heterocycles. The van der Waals surface area contributed by atoms with Gasteiger partial charge in [-0.1, -0.05) is 0 Å². The summed E-state index contributed by atoms with van der Waals surface area (Å²) in [5, 5.41) is 12.3. The number of benzene rings is 1. The molecule has 0 saturated carbocycles. The van der Waals surface area contributed by atoms with Crippen molar-refractivity contribution in [1.82, 2.24) is 4.98 Å². The molecule has 1 aromatic carbocycles. The van der Waals surface area contributed by atoms with Crippen molar-refractivity contribution < 1.29 is 14.2 Å². The maximum absolute atomic E-state index is 11.4. The average molecular weight is 320 g/mol. The van der Waals surface area contributed by atoms with Gasteiger partial charge in [0.05, 0.1) is 36.8 Å². The van der Waals surface area contributed by atoms with Crippen molar-refractivity contribution in [2.75, 3.05) is 0 Å². The van der Waals surface area contributed by atoms with Crippen LogP contribution in [0.5, 0.6) is 0 Å². The van der Waals surface area contributed by atoms with E-state index in [1.807, 2.05) is 34.6 Å². The van der Waals surface area contributed by atoms with E-state index in [1.54, 1.807) is 12.1 Å². The quantitative estimate of drug-likeness (QED) is 0.483. The van der Waals surface area contributed by atoms with Gasteiger partial charge in [0.1, 0.15) is 0 Å². The van der Waals surface area contributed by atoms with Crippen LogP contribution < -0.4 is 5.46 Å². The number of fused-ring (bicyclic) bond motifs is 1. The Morgan fingerprint density at radius 2 is 1.82 bits per heavy atom. The summed E-state index contributed by atoms with van der Waals surface area (Å²) in [5.41, 5.74) is 0.0747. The molecule has 0 N–H and O–H groups in total. The molecule has 2 aromatic rings. The zero-order chi connectivity index (χ0) is 16.3. The van der Waals surface area contributed by atoms with Gasteiger partial charge >= 0.3 is 7.12 Å². The fourth-order valence-electron chi connectivity index (χ4n) is 2.41. The largest absolute Gasteiger partial charge is 0.502 e. The Balaban J connectivity index is 2.14. The summed E-state index contributed by atoms with van der Waals surface area (Å²) in [6, 6.07) is 3.26. The second-order valence-corrected chi connectivity index (χ2v) is 7.69. The molecule has 1 aliphatic heterocycles. The van der Waals surface area contributed by atoms with Crippen molar-refractivity contribution in [2.24, 2.45) is 0 Å². The molecule has 8 heteroatoms. The first kappa shape index (κ1) is 15.4. The van der Waals surface area contributed by atoms with Gasteiger partial charge < -0.3 is 9.31 Å². The van der Waals surface area contributed by atoms with Gasteiger partial charge in [-0.3, -0.25) is 10.1 Å². The first-order chi connectivity index (χ1) is 10.1. The molecule has 116 valence electrons. The van der Waals surface area contributed by atoms with E-state index < -0.39 is 23.2 Å². The van der Waals surface area contributed by atoms with Crippen LogP contribution >= 0.6 is 11.3 Å². The average Bonchev–Trinajstić information content (AvgIpc) is 2.83. The van der Waals surface area contributed by atoms with Crippen molar-refractivity contribution in [2.45, 2.75) is 45.8 Å². The number of aromatic nitrogens is 1. The Bertz CT molecular complexity index is 756. The van der Waals surface area contributed by atoms with Crippen LogP contribution in [0.1, 0.15) is 32.7 Å². The van der Waals surface area contributed by atoms with Crippen LogP contribution in [-0.4, -0.2) is 28.2 Å². The second kappa shape index (κ2) is 4.74. The lowest BCUT2D eigenvalue weighted by atomic mass is 9.77. The lowest BCUT2D eigenvalue weighted by Crippen LogP contribution is -2.41. The van der Waals surface area contributed by atoms with Crippen LogP contribution in [0.15, 0.2) is 12.1 Å². The number of aryl methyl sites for hydroxylation is 1. The number of nitro groups is 1.